The molecule has 1 aromatic carbocycles. The van der Waals surface area contributed by atoms with E-state index >= 15 is 0 Å². The Balaban J connectivity index is 2.20. The molecule has 0 radical (unpaired) electrons. The van der Waals surface area contributed by atoms with Crippen molar-refractivity contribution in [3.05, 3.63) is 35.7 Å². The molecule has 1 heterocycles. The van der Waals surface area contributed by atoms with Crippen LogP contribution in [0.3, 0.4) is 0 Å². The van der Waals surface area contributed by atoms with Crippen LogP contribution in [0.15, 0.2) is 28.8 Å². The number of carbonyl (C=O) groups is 2. The maximum atomic E-state index is 12.7. The fourth-order valence-corrected chi connectivity index (χ4v) is 2.66. The quantitative estimate of drug-likeness (QED) is 0.769. The van der Waals surface area contributed by atoms with Gasteiger partial charge in [0.1, 0.15) is 0 Å². The zero-order valence-electron chi connectivity index (χ0n) is 16.4. The van der Waals surface area contributed by atoms with Crippen LogP contribution >= 0.6 is 0 Å². The lowest BCUT2D eigenvalue weighted by Crippen LogP contribution is -2.33. The fraction of sp³-hybridized carbons (Fsp3) is 0.500. The lowest BCUT2D eigenvalue weighted by Gasteiger charge is -2.16. The molecule has 1 aromatic heterocycles. The van der Waals surface area contributed by atoms with Crippen LogP contribution in [-0.2, 0) is 10.2 Å². The Morgan fingerprint density at radius 2 is 1.89 bits per heavy atom. The predicted octanol–water partition coefficient (Wildman–Crippen LogP) is 3.51. The van der Waals surface area contributed by atoms with Gasteiger partial charge in [0.25, 0.3) is 11.8 Å². The highest BCUT2D eigenvalue weighted by atomic mass is 16.5. The summed E-state index contributed by atoms with van der Waals surface area (Å²) in [6.07, 6.45) is 0.496. The number of carboxylic acid groups (broad SMARTS) is 1. The standard InChI is InChI=1S/C20H27N3O4/c1-12(2)10-13(18(25)26)11-21-16(24)14-8-6-7-9-15(14)17-22-19(23-27-17)20(3,4)5/h6-9,12-13H,10-11H2,1-5H3,(H,21,24)(H,25,26). The Kier molecular flexibility index (Phi) is 6.36. The number of aromatic nitrogens is 2. The van der Waals surface area contributed by atoms with Gasteiger partial charge in [0, 0.05) is 12.0 Å². The SMILES string of the molecule is CC(C)CC(CNC(=O)c1ccccc1-c1nc(C(C)(C)C)no1)C(=O)O. The van der Waals surface area contributed by atoms with Crippen LogP contribution in [0, 0.1) is 11.8 Å². The first-order valence-electron chi connectivity index (χ1n) is 9.04. The van der Waals surface area contributed by atoms with E-state index in [9.17, 15) is 14.7 Å². The third-order valence-electron chi connectivity index (χ3n) is 4.11. The van der Waals surface area contributed by atoms with Gasteiger partial charge in [-0.2, -0.15) is 4.98 Å². The van der Waals surface area contributed by atoms with Crippen molar-refractivity contribution < 1.29 is 19.2 Å². The van der Waals surface area contributed by atoms with E-state index in [1.807, 2.05) is 34.6 Å². The highest BCUT2D eigenvalue weighted by Crippen LogP contribution is 2.26. The van der Waals surface area contributed by atoms with Gasteiger partial charge in [-0.1, -0.05) is 51.9 Å². The first-order valence-corrected chi connectivity index (χ1v) is 9.04. The summed E-state index contributed by atoms with van der Waals surface area (Å²) in [6.45, 7) is 9.89. The Morgan fingerprint density at radius 1 is 1.22 bits per heavy atom. The second-order valence-corrected chi connectivity index (χ2v) is 8.09. The van der Waals surface area contributed by atoms with Crippen molar-refractivity contribution in [3.63, 3.8) is 0 Å². The summed E-state index contributed by atoms with van der Waals surface area (Å²) in [6, 6.07) is 6.91. The van der Waals surface area contributed by atoms with Crippen molar-refractivity contribution in [1.82, 2.24) is 15.5 Å². The average Bonchev–Trinajstić information content (AvgIpc) is 3.08. The number of carboxylic acids is 1. The number of hydrogen-bond acceptors (Lipinski definition) is 5. The molecule has 146 valence electrons. The minimum atomic E-state index is -0.913. The number of nitrogens with one attached hydrogen (secondary N) is 1. The molecule has 2 N–H and O–H groups in total. The molecule has 0 saturated carbocycles. The Labute approximate surface area is 159 Å². The van der Waals surface area contributed by atoms with E-state index in [2.05, 4.69) is 15.5 Å². The first kappa shape index (κ1) is 20.6. The van der Waals surface area contributed by atoms with Gasteiger partial charge in [-0.05, 0) is 24.5 Å². The molecule has 1 unspecified atom stereocenters. The highest BCUT2D eigenvalue weighted by Gasteiger charge is 2.25. The lowest BCUT2D eigenvalue weighted by atomic mass is 9.96. The molecule has 0 fully saturated rings. The zero-order valence-corrected chi connectivity index (χ0v) is 16.4. The zero-order chi connectivity index (χ0) is 20.2. The molecule has 0 aliphatic rings. The maximum absolute atomic E-state index is 12.7. The van der Waals surface area contributed by atoms with Gasteiger partial charge in [0.15, 0.2) is 5.82 Å². The molecule has 0 aliphatic carbocycles. The third kappa shape index (κ3) is 5.39. The van der Waals surface area contributed by atoms with E-state index in [4.69, 9.17) is 4.52 Å². The first-order chi connectivity index (χ1) is 12.6. The lowest BCUT2D eigenvalue weighted by molar-refractivity contribution is -0.142. The van der Waals surface area contributed by atoms with E-state index < -0.39 is 11.9 Å². The number of aliphatic carboxylic acids is 1. The summed E-state index contributed by atoms with van der Waals surface area (Å²) in [5.74, 6) is -0.861. The van der Waals surface area contributed by atoms with Gasteiger partial charge >= 0.3 is 5.97 Å². The van der Waals surface area contributed by atoms with E-state index in [0.29, 0.717) is 23.4 Å². The number of amides is 1. The Bertz CT molecular complexity index is 806. The molecule has 7 nitrogen and oxygen atoms in total. The fourth-order valence-electron chi connectivity index (χ4n) is 2.66. The van der Waals surface area contributed by atoms with E-state index in [0.717, 1.165) is 0 Å². The van der Waals surface area contributed by atoms with E-state index in [1.54, 1.807) is 24.3 Å². The van der Waals surface area contributed by atoms with Crippen LogP contribution in [0.4, 0.5) is 0 Å². The molecule has 2 rings (SSSR count). The van der Waals surface area contributed by atoms with Gasteiger partial charge in [-0.25, -0.2) is 0 Å². The van der Waals surface area contributed by atoms with Crippen LogP contribution in [-0.4, -0.2) is 33.7 Å². The number of nitrogens with zero attached hydrogens (tertiary/aromatic N) is 2. The summed E-state index contributed by atoms with van der Waals surface area (Å²) in [4.78, 5) is 28.5. The van der Waals surface area contributed by atoms with Crippen molar-refractivity contribution in [2.24, 2.45) is 11.8 Å². The molecule has 0 bridgehead atoms. The highest BCUT2D eigenvalue weighted by molar-refractivity contribution is 6.00. The Hall–Kier alpha value is -2.70. The van der Waals surface area contributed by atoms with Gasteiger partial charge in [0.2, 0.25) is 0 Å². The summed E-state index contributed by atoms with van der Waals surface area (Å²) >= 11 is 0. The normalized spacial score (nSPS) is 12.8. The second-order valence-electron chi connectivity index (χ2n) is 8.09. The van der Waals surface area contributed by atoms with Crippen LogP contribution < -0.4 is 5.32 Å². The van der Waals surface area contributed by atoms with Crippen LogP contribution in [0.5, 0.6) is 0 Å². The van der Waals surface area contributed by atoms with Crippen LogP contribution in [0.25, 0.3) is 11.5 Å². The Morgan fingerprint density at radius 3 is 2.44 bits per heavy atom. The minimum Gasteiger partial charge on any atom is -0.481 e. The van der Waals surface area contributed by atoms with Crippen molar-refractivity contribution in [2.75, 3.05) is 6.54 Å². The summed E-state index contributed by atoms with van der Waals surface area (Å²) in [5, 5.41) is 16.1. The molecular formula is C20H27N3O4. The summed E-state index contributed by atoms with van der Waals surface area (Å²) in [5.41, 5.74) is 0.619. The molecule has 1 atom stereocenters. The second kappa shape index (κ2) is 8.33. The van der Waals surface area contributed by atoms with Gasteiger partial charge in [0.05, 0.1) is 17.0 Å². The van der Waals surface area contributed by atoms with Crippen LogP contribution in [0.2, 0.25) is 0 Å². The van der Waals surface area contributed by atoms with Crippen molar-refractivity contribution in [3.8, 4) is 11.5 Å². The number of rotatable bonds is 7. The van der Waals surface area contributed by atoms with Crippen LogP contribution in [0.1, 0.15) is 57.2 Å². The van der Waals surface area contributed by atoms with E-state index in [1.165, 1.54) is 0 Å². The van der Waals surface area contributed by atoms with Gasteiger partial charge in [-0.15, -0.1) is 0 Å². The topological polar surface area (TPSA) is 105 Å². The molecule has 2 aromatic rings. The molecule has 7 heteroatoms. The molecule has 0 aliphatic heterocycles. The van der Waals surface area contributed by atoms with E-state index in [-0.39, 0.29) is 29.7 Å². The number of benzene rings is 1. The maximum Gasteiger partial charge on any atom is 0.308 e. The molecule has 27 heavy (non-hydrogen) atoms. The average molecular weight is 373 g/mol. The molecule has 0 spiro atoms. The minimum absolute atomic E-state index is 0.0672. The van der Waals surface area contributed by atoms with Crippen molar-refractivity contribution in [2.45, 2.75) is 46.5 Å². The molecule has 0 saturated heterocycles. The smallest absolute Gasteiger partial charge is 0.308 e. The summed E-state index contributed by atoms with van der Waals surface area (Å²) < 4.78 is 5.35. The van der Waals surface area contributed by atoms with Gasteiger partial charge < -0.3 is 14.9 Å². The van der Waals surface area contributed by atoms with Crippen molar-refractivity contribution >= 4 is 11.9 Å². The number of carbonyl (C=O) groups excluding carboxylic acids is 1. The molecule has 1 amide bonds. The largest absolute Gasteiger partial charge is 0.481 e. The predicted molar refractivity (Wildman–Crippen MR) is 101 cm³/mol. The van der Waals surface area contributed by atoms with Crippen molar-refractivity contribution in [1.29, 1.82) is 0 Å². The third-order valence-corrected chi connectivity index (χ3v) is 4.11. The monoisotopic (exact) mass is 373 g/mol. The number of hydrogen-bond donors (Lipinski definition) is 2. The summed E-state index contributed by atoms with van der Waals surface area (Å²) in [7, 11) is 0. The van der Waals surface area contributed by atoms with Gasteiger partial charge in [-0.3, -0.25) is 9.59 Å². The molecular weight excluding hydrogens is 346 g/mol.